The zero-order valence-corrected chi connectivity index (χ0v) is 12.0. The van der Waals surface area contributed by atoms with Crippen LogP contribution in [-0.2, 0) is 11.8 Å². The molecule has 1 heterocycles. The predicted octanol–water partition coefficient (Wildman–Crippen LogP) is 2.69. The first kappa shape index (κ1) is 13.5. The van der Waals surface area contributed by atoms with Crippen molar-refractivity contribution in [3.05, 3.63) is 11.7 Å². The highest BCUT2D eigenvalue weighted by Gasteiger charge is 2.43. The number of likely N-dealkylation sites (N-methyl/N-ethyl adjacent to an activating group) is 1. The molecule has 1 saturated carbocycles. The van der Waals surface area contributed by atoms with Gasteiger partial charge in [0, 0.05) is 17.9 Å². The maximum absolute atomic E-state index is 5.53. The Labute approximate surface area is 110 Å². The second-order valence-electron chi connectivity index (χ2n) is 6.14. The number of hydrogen-bond donors (Lipinski definition) is 1. The first-order valence-corrected chi connectivity index (χ1v) is 7.06. The lowest BCUT2D eigenvalue weighted by atomic mass is 9.64. The minimum absolute atomic E-state index is 0.183. The van der Waals surface area contributed by atoms with Gasteiger partial charge in [-0.2, -0.15) is 4.98 Å². The van der Waals surface area contributed by atoms with Crippen molar-refractivity contribution in [2.24, 2.45) is 5.92 Å². The van der Waals surface area contributed by atoms with Crippen LogP contribution in [0, 0.1) is 5.92 Å². The standard InChI is InChI=1S/C14H25N3O/c1-10(2)9-14(6-5-7-14)13-16-12(17-18-13)8-11(3)15-4/h10-11,15H,5-9H2,1-4H3. The lowest BCUT2D eigenvalue weighted by Crippen LogP contribution is -2.36. The van der Waals surface area contributed by atoms with Gasteiger partial charge >= 0.3 is 0 Å². The summed E-state index contributed by atoms with van der Waals surface area (Å²) in [6.07, 6.45) is 5.69. The zero-order valence-electron chi connectivity index (χ0n) is 12.0. The van der Waals surface area contributed by atoms with E-state index < -0.39 is 0 Å². The third-order valence-electron chi connectivity index (χ3n) is 4.01. The van der Waals surface area contributed by atoms with Crippen molar-refractivity contribution in [3.8, 4) is 0 Å². The minimum Gasteiger partial charge on any atom is -0.339 e. The monoisotopic (exact) mass is 251 g/mol. The van der Waals surface area contributed by atoms with Crippen molar-refractivity contribution >= 4 is 0 Å². The molecule has 1 aliphatic rings. The molecule has 0 amide bonds. The Morgan fingerprint density at radius 2 is 2.06 bits per heavy atom. The fourth-order valence-corrected chi connectivity index (χ4v) is 2.82. The maximum Gasteiger partial charge on any atom is 0.232 e. The number of nitrogens with zero attached hydrogens (tertiary/aromatic N) is 2. The first-order chi connectivity index (χ1) is 8.55. The summed E-state index contributed by atoms with van der Waals surface area (Å²) in [4.78, 5) is 4.63. The van der Waals surface area contributed by atoms with Crippen molar-refractivity contribution in [2.75, 3.05) is 7.05 Å². The number of hydrogen-bond acceptors (Lipinski definition) is 4. The molecular formula is C14H25N3O. The van der Waals surface area contributed by atoms with Crippen LogP contribution in [0.25, 0.3) is 0 Å². The van der Waals surface area contributed by atoms with Crippen LogP contribution >= 0.6 is 0 Å². The summed E-state index contributed by atoms with van der Waals surface area (Å²) in [5.41, 5.74) is 0.183. The highest BCUT2D eigenvalue weighted by molar-refractivity contribution is 5.11. The Kier molecular flexibility index (Phi) is 4.05. The Morgan fingerprint density at radius 3 is 2.56 bits per heavy atom. The van der Waals surface area contributed by atoms with Crippen LogP contribution < -0.4 is 5.32 Å². The lowest BCUT2D eigenvalue weighted by Gasteiger charge is -2.39. The average molecular weight is 251 g/mol. The third kappa shape index (κ3) is 2.74. The minimum atomic E-state index is 0.183. The van der Waals surface area contributed by atoms with E-state index in [1.165, 1.54) is 19.3 Å². The molecule has 1 atom stereocenters. The van der Waals surface area contributed by atoms with Gasteiger partial charge in [0.05, 0.1) is 0 Å². The molecule has 4 nitrogen and oxygen atoms in total. The zero-order chi connectivity index (χ0) is 13.2. The molecule has 18 heavy (non-hydrogen) atoms. The van der Waals surface area contributed by atoms with Gasteiger partial charge in [0.2, 0.25) is 5.89 Å². The van der Waals surface area contributed by atoms with Gasteiger partial charge in [-0.05, 0) is 39.2 Å². The van der Waals surface area contributed by atoms with Crippen molar-refractivity contribution in [1.29, 1.82) is 0 Å². The molecule has 2 rings (SSSR count). The molecule has 0 saturated heterocycles. The molecule has 0 radical (unpaired) electrons. The molecule has 0 bridgehead atoms. The molecule has 1 aromatic rings. The molecule has 1 aromatic heterocycles. The number of rotatable bonds is 6. The SMILES string of the molecule is CNC(C)Cc1noc(C2(CC(C)C)CCC2)n1. The summed E-state index contributed by atoms with van der Waals surface area (Å²) in [5, 5.41) is 7.33. The van der Waals surface area contributed by atoms with Gasteiger partial charge in [-0.15, -0.1) is 0 Å². The fraction of sp³-hybridized carbons (Fsp3) is 0.857. The molecule has 0 aromatic carbocycles. The molecule has 0 spiro atoms. The van der Waals surface area contributed by atoms with E-state index in [1.54, 1.807) is 0 Å². The van der Waals surface area contributed by atoms with Gasteiger partial charge in [-0.1, -0.05) is 25.4 Å². The maximum atomic E-state index is 5.53. The van der Waals surface area contributed by atoms with E-state index in [9.17, 15) is 0 Å². The van der Waals surface area contributed by atoms with Crippen molar-refractivity contribution < 1.29 is 4.52 Å². The molecule has 1 aliphatic carbocycles. The van der Waals surface area contributed by atoms with E-state index in [0.29, 0.717) is 12.0 Å². The van der Waals surface area contributed by atoms with Crippen LogP contribution in [0.4, 0.5) is 0 Å². The summed E-state index contributed by atoms with van der Waals surface area (Å²) < 4.78 is 5.53. The highest BCUT2D eigenvalue weighted by Crippen LogP contribution is 2.47. The Bertz CT molecular complexity index is 382. The van der Waals surface area contributed by atoms with Crippen LogP contribution in [-0.4, -0.2) is 23.2 Å². The second kappa shape index (κ2) is 5.39. The average Bonchev–Trinajstić information content (AvgIpc) is 2.71. The van der Waals surface area contributed by atoms with E-state index in [1.807, 2.05) is 7.05 Å². The molecule has 0 aliphatic heterocycles. The summed E-state index contributed by atoms with van der Waals surface area (Å²) in [5.74, 6) is 2.39. The third-order valence-corrected chi connectivity index (χ3v) is 4.01. The second-order valence-corrected chi connectivity index (χ2v) is 6.14. The Hall–Kier alpha value is -0.900. The summed E-state index contributed by atoms with van der Waals surface area (Å²) in [6.45, 7) is 6.66. The van der Waals surface area contributed by atoms with Crippen LogP contribution in [0.5, 0.6) is 0 Å². The van der Waals surface area contributed by atoms with Gasteiger partial charge in [-0.3, -0.25) is 0 Å². The predicted molar refractivity (Wildman–Crippen MR) is 71.5 cm³/mol. The van der Waals surface area contributed by atoms with Crippen molar-refractivity contribution in [3.63, 3.8) is 0 Å². The van der Waals surface area contributed by atoms with Crippen molar-refractivity contribution in [2.45, 2.75) is 64.3 Å². The van der Waals surface area contributed by atoms with Crippen molar-refractivity contribution in [1.82, 2.24) is 15.5 Å². The lowest BCUT2D eigenvalue weighted by molar-refractivity contribution is 0.144. The van der Waals surface area contributed by atoms with Gasteiger partial charge in [0.15, 0.2) is 5.82 Å². The normalized spacial score (nSPS) is 19.8. The molecule has 4 heteroatoms. The number of nitrogens with one attached hydrogen (secondary N) is 1. The van der Waals surface area contributed by atoms with E-state index in [0.717, 1.165) is 24.6 Å². The quantitative estimate of drug-likeness (QED) is 0.844. The smallest absolute Gasteiger partial charge is 0.232 e. The molecule has 102 valence electrons. The highest BCUT2D eigenvalue weighted by atomic mass is 16.5. The van der Waals surface area contributed by atoms with Crippen LogP contribution in [0.1, 0.15) is 58.2 Å². The van der Waals surface area contributed by atoms with Gasteiger partial charge in [0.25, 0.3) is 0 Å². The summed E-state index contributed by atoms with van der Waals surface area (Å²) >= 11 is 0. The molecule has 1 unspecified atom stereocenters. The van der Waals surface area contributed by atoms with Crippen LogP contribution in [0.2, 0.25) is 0 Å². The fourth-order valence-electron chi connectivity index (χ4n) is 2.82. The van der Waals surface area contributed by atoms with E-state index in [-0.39, 0.29) is 5.41 Å². The molecule has 1 N–H and O–H groups in total. The topological polar surface area (TPSA) is 51.0 Å². The van der Waals surface area contributed by atoms with Crippen LogP contribution in [0.3, 0.4) is 0 Å². The van der Waals surface area contributed by atoms with Gasteiger partial charge in [0.1, 0.15) is 0 Å². The molecule has 1 fully saturated rings. The van der Waals surface area contributed by atoms with Gasteiger partial charge < -0.3 is 9.84 Å². The summed E-state index contributed by atoms with van der Waals surface area (Å²) in [6, 6.07) is 0.387. The Morgan fingerprint density at radius 1 is 1.33 bits per heavy atom. The van der Waals surface area contributed by atoms with Crippen LogP contribution in [0.15, 0.2) is 4.52 Å². The Balaban J connectivity index is 2.08. The molecular weight excluding hydrogens is 226 g/mol. The van der Waals surface area contributed by atoms with E-state index in [4.69, 9.17) is 4.52 Å². The summed E-state index contributed by atoms with van der Waals surface area (Å²) in [7, 11) is 1.96. The first-order valence-electron chi connectivity index (χ1n) is 7.06. The number of aromatic nitrogens is 2. The van der Waals surface area contributed by atoms with E-state index in [2.05, 4.69) is 36.2 Å². The largest absolute Gasteiger partial charge is 0.339 e. The van der Waals surface area contributed by atoms with Gasteiger partial charge in [-0.25, -0.2) is 0 Å². The van der Waals surface area contributed by atoms with E-state index >= 15 is 0 Å².